The number of aryl methyl sites for hydroxylation is 1. The largest absolute Gasteiger partial charge is 0.456 e. The molecule has 0 spiro atoms. The summed E-state index contributed by atoms with van der Waals surface area (Å²) >= 11 is 0. The summed E-state index contributed by atoms with van der Waals surface area (Å²) in [6.45, 7) is 2.93. The van der Waals surface area contributed by atoms with Crippen molar-refractivity contribution in [2.45, 2.75) is 6.92 Å². The van der Waals surface area contributed by atoms with Gasteiger partial charge in [-0.05, 0) is 38.7 Å². The third kappa shape index (κ3) is 1.98. The van der Waals surface area contributed by atoms with Gasteiger partial charge in [0.2, 0.25) is 0 Å². The van der Waals surface area contributed by atoms with Crippen molar-refractivity contribution >= 4 is 33.8 Å². The number of rotatable bonds is 3. The maximum atomic E-state index is 12.9. The van der Waals surface area contributed by atoms with Gasteiger partial charge in [-0.25, -0.2) is 0 Å². The first kappa shape index (κ1) is 14.9. The number of nitrogens with zero attached hydrogens (tertiary/aromatic N) is 2. The summed E-state index contributed by atoms with van der Waals surface area (Å²) in [5.41, 5.74) is 3.25. The number of benzene rings is 2. The van der Waals surface area contributed by atoms with Crippen LogP contribution in [0.5, 0.6) is 0 Å². The molecule has 0 unspecified atom stereocenters. The lowest BCUT2D eigenvalue weighted by Gasteiger charge is -2.16. The highest BCUT2D eigenvalue weighted by atomic mass is 16.3. The van der Waals surface area contributed by atoms with Gasteiger partial charge in [-0.3, -0.25) is 14.5 Å². The van der Waals surface area contributed by atoms with Crippen LogP contribution < -0.4 is 0 Å². The Balaban J connectivity index is 1.97. The van der Waals surface area contributed by atoms with Crippen molar-refractivity contribution in [1.82, 2.24) is 9.80 Å². The van der Waals surface area contributed by atoms with E-state index in [1.54, 1.807) is 6.07 Å². The molecule has 122 valence electrons. The molecule has 1 aromatic heterocycles. The zero-order valence-electron chi connectivity index (χ0n) is 13.9. The normalized spacial score (nSPS) is 14.4. The predicted octanol–water partition coefficient (Wildman–Crippen LogP) is 3.05. The van der Waals surface area contributed by atoms with Gasteiger partial charge in [-0.15, -0.1) is 0 Å². The van der Waals surface area contributed by atoms with Crippen LogP contribution in [0.25, 0.3) is 21.9 Å². The van der Waals surface area contributed by atoms with E-state index in [1.165, 1.54) is 4.90 Å². The van der Waals surface area contributed by atoms with Crippen molar-refractivity contribution < 1.29 is 14.0 Å². The van der Waals surface area contributed by atoms with Gasteiger partial charge in [-0.1, -0.05) is 18.2 Å². The number of imide groups is 1. The van der Waals surface area contributed by atoms with Crippen molar-refractivity contribution in [2.75, 3.05) is 27.2 Å². The van der Waals surface area contributed by atoms with Crippen molar-refractivity contribution in [3.05, 3.63) is 47.0 Å². The Kier molecular flexibility index (Phi) is 3.21. The van der Waals surface area contributed by atoms with Crippen molar-refractivity contribution in [2.24, 2.45) is 0 Å². The molecule has 0 aliphatic carbocycles. The number of likely N-dealkylation sites (N-methyl/N-ethyl adjacent to an activating group) is 1. The Hall–Kier alpha value is -2.66. The van der Waals surface area contributed by atoms with Crippen molar-refractivity contribution in [1.29, 1.82) is 0 Å². The lowest BCUT2D eigenvalue weighted by Crippen LogP contribution is -2.35. The average Bonchev–Trinajstić information content (AvgIpc) is 3.03. The minimum atomic E-state index is -0.228. The molecule has 3 aromatic rings. The number of fused-ring (bicyclic) bond motifs is 5. The summed E-state index contributed by atoms with van der Waals surface area (Å²) in [6.07, 6.45) is 0. The fourth-order valence-corrected chi connectivity index (χ4v) is 3.33. The monoisotopic (exact) mass is 322 g/mol. The molecule has 0 saturated heterocycles. The van der Waals surface area contributed by atoms with Crippen LogP contribution in [0.3, 0.4) is 0 Å². The van der Waals surface area contributed by atoms with Gasteiger partial charge in [0.05, 0.1) is 11.1 Å². The van der Waals surface area contributed by atoms with Crippen LogP contribution in [0.2, 0.25) is 0 Å². The molecule has 0 saturated carbocycles. The Labute approximate surface area is 139 Å². The maximum absolute atomic E-state index is 12.9. The molecule has 2 heterocycles. The zero-order chi connectivity index (χ0) is 17.0. The highest BCUT2D eigenvalue weighted by Crippen LogP contribution is 2.38. The molecule has 24 heavy (non-hydrogen) atoms. The van der Waals surface area contributed by atoms with E-state index >= 15 is 0 Å². The summed E-state index contributed by atoms with van der Waals surface area (Å²) in [6, 6.07) is 9.40. The number of amides is 2. The first-order chi connectivity index (χ1) is 11.5. The van der Waals surface area contributed by atoms with E-state index in [1.807, 2.05) is 50.2 Å². The molecule has 2 amide bonds. The van der Waals surface area contributed by atoms with Crippen molar-refractivity contribution in [3.63, 3.8) is 0 Å². The second-order valence-electron chi connectivity index (χ2n) is 6.48. The zero-order valence-corrected chi connectivity index (χ0v) is 13.9. The fraction of sp³-hybridized carbons (Fsp3) is 0.263. The number of carbonyl (C=O) groups is 2. The molecule has 0 atom stereocenters. The quantitative estimate of drug-likeness (QED) is 0.696. The fourth-order valence-electron chi connectivity index (χ4n) is 3.33. The van der Waals surface area contributed by atoms with Crippen LogP contribution in [0.1, 0.15) is 26.3 Å². The molecule has 5 heteroatoms. The summed E-state index contributed by atoms with van der Waals surface area (Å²) < 4.78 is 5.94. The standard InChI is InChI=1S/C19H18N2O3/c1-11-10-13-16(19(23)21(18(13)22)9-8-20(2)3)15-12-6-4-5-7-14(12)24-17(11)15/h4-7,10H,8-9H2,1-3H3. The van der Waals surface area contributed by atoms with Crippen LogP contribution in [-0.4, -0.2) is 48.8 Å². The van der Waals surface area contributed by atoms with Gasteiger partial charge in [0, 0.05) is 23.9 Å². The van der Waals surface area contributed by atoms with Crippen LogP contribution in [-0.2, 0) is 0 Å². The Bertz CT molecular complexity index is 1000. The molecule has 0 fully saturated rings. The number of hydrogen-bond acceptors (Lipinski definition) is 4. The molecular formula is C19H18N2O3. The molecule has 1 aliphatic heterocycles. The number of furan rings is 1. The van der Waals surface area contributed by atoms with Crippen molar-refractivity contribution in [3.8, 4) is 0 Å². The van der Waals surface area contributed by atoms with Gasteiger partial charge >= 0.3 is 0 Å². The molecule has 4 rings (SSSR count). The first-order valence-electron chi connectivity index (χ1n) is 7.95. The molecular weight excluding hydrogens is 304 g/mol. The Morgan fingerprint density at radius 1 is 1.12 bits per heavy atom. The predicted molar refractivity (Wildman–Crippen MR) is 92.4 cm³/mol. The van der Waals surface area contributed by atoms with Crippen LogP contribution in [0.15, 0.2) is 34.7 Å². The third-order valence-electron chi connectivity index (χ3n) is 4.54. The minimum Gasteiger partial charge on any atom is -0.456 e. The van der Waals surface area contributed by atoms with Gasteiger partial charge in [0.1, 0.15) is 11.2 Å². The molecule has 0 N–H and O–H groups in total. The van der Waals surface area contributed by atoms with Crippen LogP contribution >= 0.6 is 0 Å². The maximum Gasteiger partial charge on any atom is 0.262 e. The van der Waals surface area contributed by atoms with Gasteiger partial charge < -0.3 is 9.32 Å². The average molecular weight is 322 g/mol. The van der Waals surface area contributed by atoms with Gasteiger partial charge in [0.15, 0.2) is 0 Å². The van der Waals surface area contributed by atoms with Gasteiger partial charge in [-0.2, -0.15) is 0 Å². The van der Waals surface area contributed by atoms with E-state index in [4.69, 9.17) is 4.42 Å². The number of carbonyl (C=O) groups excluding carboxylic acids is 2. The second-order valence-corrected chi connectivity index (χ2v) is 6.48. The van der Waals surface area contributed by atoms with E-state index in [0.29, 0.717) is 29.8 Å². The van der Waals surface area contributed by atoms with E-state index in [9.17, 15) is 9.59 Å². The summed E-state index contributed by atoms with van der Waals surface area (Å²) in [5, 5.41) is 1.63. The van der Waals surface area contributed by atoms with Gasteiger partial charge in [0.25, 0.3) is 11.8 Å². The number of para-hydroxylation sites is 1. The highest BCUT2D eigenvalue weighted by molar-refractivity contribution is 6.29. The smallest absolute Gasteiger partial charge is 0.262 e. The van der Waals surface area contributed by atoms with E-state index in [0.717, 1.165) is 21.9 Å². The van der Waals surface area contributed by atoms with E-state index in [2.05, 4.69) is 0 Å². The first-order valence-corrected chi connectivity index (χ1v) is 7.95. The van der Waals surface area contributed by atoms with E-state index < -0.39 is 0 Å². The summed E-state index contributed by atoms with van der Waals surface area (Å²) in [4.78, 5) is 29.0. The second kappa shape index (κ2) is 5.18. The molecule has 2 aromatic carbocycles. The molecule has 1 aliphatic rings. The summed E-state index contributed by atoms with van der Waals surface area (Å²) in [5.74, 6) is -0.444. The number of hydrogen-bond donors (Lipinski definition) is 0. The lowest BCUT2D eigenvalue weighted by molar-refractivity contribution is 0.0645. The molecule has 0 radical (unpaired) electrons. The summed E-state index contributed by atoms with van der Waals surface area (Å²) in [7, 11) is 3.84. The lowest BCUT2D eigenvalue weighted by atomic mass is 9.99. The molecule has 5 nitrogen and oxygen atoms in total. The Morgan fingerprint density at radius 2 is 1.88 bits per heavy atom. The Morgan fingerprint density at radius 3 is 2.62 bits per heavy atom. The van der Waals surface area contributed by atoms with Crippen LogP contribution in [0.4, 0.5) is 0 Å². The van der Waals surface area contributed by atoms with E-state index in [-0.39, 0.29) is 11.8 Å². The molecule has 0 bridgehead atoms. The SMILES string of the molecule is Cc1cc2c(c3c1oc1ccccc13)C(=O)N(CCN(C)C)C2=O. The topological polar surface area (TPSA) is 53.8 Å². The third-order valence-corrected chi connectivity index (χ3v) is 4.54. The minimum absolute atomic E-state index is 0.216. The van der Waals surface area contributed by atoms with Crippen LogP contribution in [0, 0.1) is 6.92 Å². The highest BCUT2D eigenvalue weighted by Gasteiger charge is 2.38.